The van der Waals surface area contributed by atoms with Crippen LogP contribution in [-0.4, -0.2) is 47.6 Å². The van der Waals surface area contributed by atoms with Crippen molar-refractivity contribution in [3.8, 4) is 0 Å². The largest absolute Gasteiger partial charge is 0.480 e. The second-order valence-corrected chi connectivity index (χ2v) is 4.07. The molecule has 0 aromatic carbocycles. The van der Waals surface area contributed by atoms with Gasteiger partial charge in [-0.1, -0.05) is 6.92 Å². The van der Waals surface area contributed by atoms with Crippen molar-refractivity contribution < 1.29 is 14.7 Å². The SMILES string of the molecule is CC(=O)NCCN1CCC(C)C1C(=O)O. The minimum atomic E-state index is -0.761. The zero-order chi connectivity index (χ0) is 11.4. The molecule has 0 bridgehead atoms. The Morgan fingerprint density at radius 2 is 2.20 bits per heavy atom. The van der Waals surface area contributed by atoms with Crippen LogP contribution in [0.2, 0.25) is 0 Å². The van der Waals surface area contributed by atoms with Gasteiger partial charge in [0.1, 0.15) is 6.04 Å². The van der Waals surface area contributed by atoms with Crippen LogP contribution in [0.4, 0.5) is 0 Å². The summed E-state index contributed by atoms with van der Waals surface area (Å²) >= 11 is 0. The lowest BCUT2D eigenvalue weighted by molar-refractivity contribution is -0.143. The lowest BCUT2D eigenvalue weighted by Gasteiger charge is -2.22. The number of carboxylic acid groups (broad SMARTS) is 1. The molecule has 1 saturated heterocycles. The molecule has 0 aliphatic carbocycles. The first-order valence-corrected chi connectivity index (χ1v) is 5.23. The molecular weight excluding hydrogens is 196 g/mol. The maximum atomic E-state index is 11.0. The first kappa shape index (κ1) is 12.0. The summed E-state index contributed by atoms with van der Waals surface area (Å²) in [4.78, 5) is 23.6. The van der Waals surface area contributed by atoms with Crippen LogP contribution in [0, 0.1) is 5.92 Å². The smallest absolute Gasteiger partial charge is 0.321 e. The molecule has 1 rings (SSSR count). The summed E-state index contributed by atoms with van der Waals surface area (Å²) in [6.45, 7) is 5.35. The summed E-state index contributed by atoms with van der Waals surface area (Å²) < 4.78 is 0. The van der Waals surface area contributed by atoms with E-state index in [0.29, 0.717) is 13.1 Å². The van der Waals surface area contributed by atoms with Crippen molar-refractivity contribution in [1.82, 2.24) is 10.2 Å². The van der Waals surface area contributed by atoms with E-state index >= 15 is 0 Å². The average Bonchev–Trinajstić information content (AvgIpc) is 2.46. The normalized spacial score (nSPS) is 26.5. The van der Waals surface area contributed by atoms with E-state index in [-0.39, 0.29) is 11.8 Å². The van der Waals surface area contributed by atoms with Gasteiger partial charge in [0, 0.05) is 20.0 Å². The maximum Gasteiger partial charge on any atom is 0.321 e. The van der Waals surface area contributed by atoms with Crippen LogP contribution < -0.4 is 5.32 Å². The first-order chi connectivity index (χ1) is 7.02. The van der Waals surface area contributed by atoms with Gasteiger partial charge < -0.3 is 10.4 Å². The number of hydrogen-bond donors (Lipinski definition) is 2. The van der Waals surface area contributed by atoms with Crippen molar-refractivity contribution in [2.24, 2.45) is 5.92 Å². The van der Waals surface area contributed by atoms with Gasteiger partial charge >= 0.3 is 5.97 Å². The summed E-state index contributed by atoms with van der Waals surface area (Å²) in [7, 11) is 0. The molecule has 5 nitrogen and oxygen atoms in total. The maximum absolute atomic E-state index is 11.0. The quantitative estimate of drug-likeness (QED) is 0.686. The van der Waals surface area contributed by atoms with Gasteiger partial charge in [-0.3, -0.25) is 14.5 Å². The summed E-state index contributed by atoms with van der Waals surface area (Å²) in [5.74, 6) is -0.642. The predicted molar refractivity (Wildman–Crippen MR) is 55.5 cm³/mol. The fourth-order valence-corrected chi connectivity index (χ4v) is 2.05. The number of carbonyl (C=O) groups is 2. The van der Waals surface area contributed by atoms with E-state index in [1.54, 1.807) is 0 Å². The number of amides is 1. The third-order valence-corrected chi connectivity index (χ3v) is 2.83. The average molecular weight is 214 g/mol. The summed E-state index contributed by atoms with van der Waals surface area (Å²) in [6.07, 6.45) is 0.914. The molecule has 5 heteroatoms. The molecule has 0 spiro atoms. The summed E-state index contributed by atoms with van der Waals surface area (Å²) in [5.41, 5.74) is 0. The lowest BCUT2D eigenvalue weighted by Crippen LogP contribution is -2.42. The van der Waals surface area contributed by atoms with Crippen molar-refractivity contribution in [2.75, 3.05) is 19.6 Å². The molecule has 2 N–H and O–H groups in total. The molecule has 15 heavy (non-hydrogen) atoms. The van der Waals surface area contributed by atoms with Gasteiger partial charge in [-0.05, 0) is 18.9 Å². The van der Waals surface area contributed by atoms with Gasteiger partial charge in [0.25, 0.3) is 0 Å². The summed E-state index contributed by atoms with van der Waals surface area (Å²) in [6, 6.07) is -0.390. The van der Waals surface area contributed by atoms with Gasteiger partial charge in [0.15, 0.2) is 0 Å². The number of rotatable bonds is 4. The van der Waals surface area contributed by atoms with E-state index < -0.39 is 12.0 Å². The van der Waals surface area contributed by atoms with Crippen molar-refractivity contribution >= 4 is 11.9 Å². The molecule has 0 saturated carbocycles. The Balaban J connectivity index is 2.40. The van der Waals surface area contributed by atoms with Crippen LogP contribution in [0.15, 0.2) is 0 Å². The Labute approximate surface area is 89.4 Å². The molecule has 1 heterocycles. The highest BCUT2D eigenvalue weighted by Gasteiger charge is 2.35. The molecule has 0 radical (unpaired) electrons. The molecule has 1 aliphatic heterocycles. The highest BCUT2D eigenvalue weighted by molar-refractivity contribution is 5.74. The summed E-state index contributed by atoms with van der Waals surface area (Å²) in [5, 5.41) is 11.7. The Hall–Kier alpha value is -1.10. The van der Waals surface area contributed by atoms with Crippen LogP contribution in [0.1, 0.15) is 20.3 Å². The van der Waals surface area contributed by atoms with Crippen LogP contribution >= 0.6 is 0 Å². The Kier molecular flexibility index (Phi) is 4.08. The van der Waals surface area contributed by atoms with Gasteiger partial charge in [0.2, 0.25) is 5.91 Å². The second-order valence-electron chi connectivity index (χ2n) is 4.07. The third kappa shape index (κ3) is 3.20. The molecular formula is C10H18N2O3. The topological polar surface area (TPSA) is 69.6 Å². The van der Waals surface area contributed by atoms with E-state index in [9.17, 15) is 9.59 Å². The zero-order valence-electron chi connectivity index (χ0n) is 9.19. The van der Waals surface area contributed by atoms with Crippen molar-refractivity contribution in [1.29, 1.82) is 0 Å². The van der Waals surface area contributed by atoms with Gasteiger partial charge in [-0.15, -0.1) is 0 Å². The minimum absolute atomic E-state index is 0.0749. The first-order valence-electron chi connectivity index (χ1n) is 5.23. The molecule has 86 valence electrons. The van der Waals surface area contributed by atoms with Crippen molar-refractivity contribution in [2.45, 2.75) is 26.3 Å². The van der Waals surface area contributed by atoms with Crippen LogP contribution in [-0.2, 0) is 9.59 Å². The van der Waals surface area contributed by atoms with E-state index in [2.05, 4.69) is 5.32 Å². The van der Waals surface area contributed by atoms with E-state index in [4.69, 9.17) is 5.11 Å². The Morgan fingerprint density at radius 3 is 2.73 bits per heavy atom. The fourth-order valence-electron chi connectivity index (χ4n) is 2.05. The Bertz CT molecular complexity index is 255. The third-order valence-electron chi connectivity index (χ3n) is 2.83. The molecule has 2 atom stereocenters. The fraction of sp³-hybridized carbons (Fsp3) is 0.800. The van der Waals surface area contributed by atoms with Crippen LogP contribution in [0.3, 0.4) is 0 Å². The Morgan fingerprint density at radius 1 is 1.53 bits per heavy atom. The number of nitrogens with one attached hydrogen (secondary N) is 1. The van der Waals surface area contributed by atoms with E-state index in [0.717, 1.165) is 13.0 Å². The second kappa shape index (κ2) is 5.11. The number of carbonyl (C=O) groups excluding carboxylic acids is 1. The van der Waals surface area contributed by atoms with Gasteiger partial charge in [-0.25, -0.2) is 0 Å². The monoisotopic (exact) mass is 214 g/mol. The molecule has 0 aromatic rings. The number of carboxylic acids is 1. The number of aliphatic carboxylic acids is 1. The standard InChI is InChI=1S/C10H18N2O3/c1-7-3-5-12(9(7)10(14)15)6-4-11-8(2)13/h7,9H,3-6H2,1-2H3,(H,11,13)(H,14,15). The number of hydrogen-bond acceptors (Lipinski definition) is 3. The lowest BCUT2D eigenvalue weighted by atomic mass is 10.0. The molecule has 1 amide bonds. The van der Waals surface area contributed by atoms with Crippen molar-refractivity contribution in [3.63, 3.8) is 0 Å². The molecule has 0 aromatic heterocycles. The highest BCUT2D eigenvalue weighted by atomic mass is 16.4. The van der Waals surface area contributed by atoms with E-state index in [1.165, 1.54) is 6.92 Å². The molecule has 2 unspecified atom stereocenters. The zero-order valence-corrected chi connectivity index (χ0v) is 9.19. The van der Waals surface area contributed by atoms with Crippen molar-refractivity contribution in [3.05, 3.63) is 0 Å². The van der Waals surface area contributed by atoms with E-state index in [1.807, 2.05) is 11.8 Å². The van der Waals surface area contributed by atoms with Gasteiger partial charge in [0.05, 0.1) is 0 Å². The number of nitrogens with zero attached hydrogens (tertiary/aromatic N) is 1. The molecule has 1 fully saturated rings. The molecule has 1 aliphatic rings. The van der Waals surface area contributed by atoms with Gasteiger partial charge in [-0.2, -0.15) is 0 Å². The predicted octanol–water partition coefficient (Wildman–Crippen LogP) is -0.0825. The van der Waals surface area contributed by atoms with Crippen LogP contribution in [0.25, 0.3) is 0 Å². The van der Waals surface area contributed by atoms with Crippen LogP contribution in [0.5, 0.6) is 0 Å². The number of likely N-dealkylation sites (tertiary alicyclic amines) is 1. The highest BCUT2D eigenvalue weighted by Crippen LogP contribution is 2.23. The minimum Gasteiger partial charge on any atom is -0.480 e.